The number of ether oxygens (including phenoxy) is 1. The van der Waals surface area contributed by atoms with Gasteiger partial charge in [0.05, 0.1) is 18.8 Å². The number of carbonyl (C=O) groups excluding carboxylic acids is 1. The number of anilines is 1. The fraction of sp³-hybridized carbons (Fsp3) is 0.188. The van der Waals surface area contributed by atoms with Crippen LogP contribution in [0.4, 0.5) is 10.1 Å². The summed E-state index contributed by atoms with van der Waals surface area (Å²) < 4.78 is 18.3. The highest BCUT2D eigenvalue weighted by molar-refractivity contribution is 5.95. The van der Waals surface area contributed by atoms with Crippen LogP contribution in [0.2, 0.25) is 0 Å². The molecule has 0 aliphatic carbocycles. The third-order valence-electron chi connectivity index (χ3n) is 3.19. The van der Waals surface area contributed by atoms with Gasteiger partial charge < -0.3 is 15.8 Å². The summed E-state index contributed by atoms with van der Waals surface area (Å²) in [6, 6.07) is 10.6. The molecule has 0 aliphatic rings. The first-order valence-electron chi connectivity index (χ1n) is 6.51. The lowest BCUT2D eigenvalue weighted by molar-refractivity contribution is 0.0939. The third-order valence-corrected chi connectivity index (χ3v) is 3.19. The second kappa shape index (κ2) is 6.26. The standard InChI is InChI=1S/C16H17FN2O2/c1-10(11-4-3-5-13(17)8-11)19-16(20)12-6-7-14(18)15(9-12)21-2/h3-10H,18H2,1-2H3,(H,19,20). The molecule has 0 bridgehead atoms. The molecule has 0 heterocycles. The van der Waals surface area contributed by atoms with Gasteiger partial charge in [-0.2, -0.15) is 0 Å². The maximum atomic E-state index is 13.2. The molecule has 4 nitrogen and oxygen atoms in total. The van der Waals surface area contributed by atoms with E-state index in [-0.39, 0.29) is 17.8 Å². The van der Waals surface area contributed by atoms with Crippen molar-refractivity contribution in [3.8, 4) is 5.75 Å². The molecule has 2 aromatic rings. The zero-order valence-corrected chi connectivity index (χ0v) is 11.9. The van der Waals surface area contributed by atoms with Crippen molar-refractivity contribution in [3.63, 3.8) is 0 Å². The summed E-state index contributed by atoms with van der Waals surface area (Å²) in [6.45, 7) is 1.79. The van der Waals surface area contributed by atoms with Crippen LogP contribution in [0.15, 0.2) is 42.5 Å². The van der Waals surface area contributed by atoms with E-state index >= 15 is 0 Å². The van der Waals surface area contributed by atoms with Gasteiger partial charge in [-0.05, 0) is 42.8 Å². The molecule has 21 heavy (non-hydrogen) atoms. The highest BCUT2D eigenvalue weighted by Gasteiger charge is 2.13. The van der Waals surface area contributed by atoms with Crippen LogP contribution < -0.4 is 15.8 Å². The lowest BCUT2D eigenvalue weighted by atomic mass is 10.1. The minimum Gasteiger partial charge on any atom is -0.495 e. The van der Waals surface area contributed by atoms with E-state index in [1.807, 2.05) is 0 Å². The van der Waals surface area contributed by atoms with E-state index in [0.717, 1.165) is 0 Å². The number of amides is 1. The topological polar surface area (TPSA) is 64.3 Å². The van der Waals surface area contributed by atoms with E-state index in [1.165, 1.54) is 19.2 Å². The van der Waals surface area contributed by atoms with Crippen LogP contribution in [0.3, 0.4) is 0 Å². The Kier molecular flexibility index (Phi) is 4.42. The monoisotopic (exact) mass is 288 g/mol. The fourth-order valence-electron chi connectivity index (χ4n) is 1.99. The van der Waals surface area contributed by atoms with Crippen LogP contribution >= 0.6 is 0 Å². The van der Waals surface area contributed by atoms with E-state index in [4.69, 9.17) is 10.5 Å². The molecule has 110 valence electrons. The second-order valence-electron chi connectivity index (χ2n) is 4.71. The number of nitrogens with one attached hydrogen (secondary N) is 1. The Morgan fingerprint density at radius 2 is 2.05 bits per heavy atom. The molecule has 0 aliphatic heterocycles. The maximum absolute atomic E-state index is 13.2. The SMILES string of the molecule is COc1cc(C(=O)NC(C)c2cccc(F)c2)ccc1N. The van der Waals surface area contributed by atoms with Crippen molar-refractivity contribution in [2.45, 2.75) is 13.0 Å². The minimum atomic E-state index is -0.331. The number of carbonyl (C=O) groups is 1. The van der Waals surface area contributed by atoms with Crippen molar-refractivity contribution >= 4 is 11.6 Å². The van der Waals surface area contributed by atoms with Gasteiger partial charge in [0.1, 0.15) is 11.6 Å². The summed E-state index contributed by atoms with van der Waals surface area (Å²) >= 11 is 0. The van der Waals surface area contributed by atoms with Gasteiger partial charge in [-0.15, -0.1) is 0 Å². The highest BCUT2D eigenvalue weighted by Crippen LogP contribution is 2.22. The predicted molar refractivity (Wildman–Crippen MR) is 79.7 cm³/mol. The molecule has 0 radical (unpaired) electrons. The number of hydrogen-bond donors (Lipinski definition) is 2. The number of methoxy groups -OCH3 is 1. The van der Waals surface area contributed by atoms with Gasteiger partial charge in [0.25, 0.3) is 5.91 Å². The van der Waals surface area contributed by atoms with Crippen molar-refractivity contribution < 1.29 is 13.9 Å². The summed E-state index contributed by atoms with van der Waals surface area (Å²) in [5.74, 6) is -0.158. The van der Waals surface area contributed by atoms with E-state index in [0.29, 0.717) is 22.6 Å². The highest BCUT2D eigenvalue weighted by atomic mass is 19.1. The maximum Gasteiger partial charge on any atom is 0.251 e. The van der Waals surface area contributed by atoms with Crippen molar-refractivity contribution in [1.82, 2.24) is 5.32 Å². The lowest BCUT2D eigenvalue weighted by Gasteiger charge is -2.15. The fourth-order valence-corrected chi connectivity index (χ4v) is 1.99. The minimum absolute atomic E-state index is 0.273. The zero-order valence-electron chi connectivity index (χ0n) is 11.9. The number of rotatable bonds is 4. The molecule has 3 N–H and O–H groups in total. The Morgan fingerprint density at radius 1 is 1.29 bits per heavy atom. The molecule has 1 atom stereocenters. The molecule has 2 rings (SSSR count). The summed E-state index contributed by atoms with van der Waals surface area (Å²) in [6.07, 6.45) is 0. The Balaban J connectivity index is 2.14. The molecular weight excluding hydrogens is 271 g/mol. The Hall–Kier alpha value is -2.56. The number of nitrogen functional groups attached to an aromatic ring is 1. The molecule has 1 amide bonds. The van der Waals surface area contributed by atoms with Crippen LogP contribution in [0.5, 0.6) is 5.75 Å². The number of hydrogen-bond acceptors (Lipinski definition) is 3. The van der Waals surface area contributed by atoms with Gasteiger partial charge in [-0.3, -0.25) is 4.79 Å². The smallest absolute Gasteiger partial charge is 0.251 e. The second-order valence-corrected chi connectivity index (χ2v) is 4.71. The molecule has 0 aromatic heterocycles. The Morgan fingerprint density at radius 3 is 2.71 bits per heavy atom. The molecule has 0 spiro atoms. The van der Waals surface area contributed by atoms with Crippen LogP contribution in [-0.4, -0.2) is 13.0 Å². The first-order chi connectivity index (χ1) is 10.0. The van der Waals surface area contributed by atoms with Gasteiger partial charge in [0.15, 0.2) is 0 Å². The first-order valence-corrected chi connectivity index (χ1v) is 6.51. The first kappa shape index (κ1) is 14.8. The average Bonchev–Trinajstić information content (AvgIpc) is 2.47. The van der Waals surface area contributed by atoms with E-state index in [9.17, 15) is 9.18 Å². The number of halogens is 1. The van der Waals surface area contributed by atoms with Gasteiger partial charge >= 0.3 is 0 Å². The number of nitrogens with two attached hydrogens (primary N) is 1. The van der Waals surface area contributed by atoms with Gasteiger partial charge in [0.2, 0.25) is 0 Å². The van der Waals surface area contributed by atoms with Crippen LogP contribution in [-0.2, 0) is 0 Å². The average molecular weight is 288 g/mol. The Labute approximate surface area is 122 Å². The van der Waals surface area contributed by atoms with Crippen LogP contribution in [0.25, 0.3) is 0 Å². The lowest BCUT2D eigenvalue weighted by Crippen LogP contribution is -2.26. The molecule has 0 saturated carbocycles. The van der Waals surface area contributed by atoms with E-state index in [1.54, 1.807) is 37.3 Å². The zero-order chi connectivity index (χ0) is 15.4. The van der Waals surface area contributed by atoms with Gasteiger partial charge in [-0.25, -0.2) is 4.39 Å². The quantitative estimate of drug-likeness (QED) is 0.850. The largest absolute Gasteiger partial charge is 0.495 e. The Bertz CT molecular complexity index is 658. The summed E-state index contributed by atoms with van der Waals surface area (Å²) in [7, 11) is 1.49. The van der Waals surface area contributed by atoms with E-state index < -0.39 is 0 Å². The van der Waals surface area contributed by atoms with Crippen molar-refractivity contribution in [2.75, 3.05) is 12.8 Å². The third kappa shape index (κ3) is 3.51. The summed E-state index contributed by atoms with van der Waals surface area (Å²) in [5.41, 5.74) is 7.31. The molecule has 2 aromatic carbocycles. The van der Waals surface area contributed by atoms with Gasteiger partial charge in [-0.1, -0.05) is 12.1 Å². The van der Waals surface area contributed by atoms with Gasteiger partial charge in [0, 0.05) is 5.56 Å². The van der Waals surface area contributed by atoms with Crippen molar-refractivity contribution in [2.24, 2.45) is 0 Å². The molecule has 0 fully saturated rings. The molecule has 5 heteroatoms. The van der Waals surface area contributed by atoms with Crippen LogP contribution in [0.1, 0.15) is 28.9 Å². The summed E-state index contributed by atoms with van der Waals surface area (Å²) in [4.78, 5) is 12.2. The molecule has 0 saturated heterocycles. The predicted octanol–water partition coefficient (Wildman–Crippen LogP) is 2.91. The number of benzene rings is 2. The van der Waals surface area contributed by atoms with E-state index in [2.05, 4.69) is 5.32 Å². The molecule has 1 unspecified atom stereocenters. The molecular formula is C16H17FN2O2. The van der Waals surface area contributed by atoms with Crippen molar-refractivity contribution in [3.05, 3.63) is 59.4 Å². The van der Waals surface area contributed by atoms with Crippen LogP contribution in [0, 0.1) is 5.82 Å². The van der Waals surface area contributed by atoms with Crippen molar-refractivity contribution in [1.29, 1.82) is 0 Å². The normalized spacial score (nSPS) is 11.8. The summed E-state index contributed by atoms with van der Waals surface area (Å²) in [5, 5.41) is 2.81.